The largest absolute Gasteiger partial charge is 0.375 e. The first-order chi connectivity index (χ1) is 9.94. The number of thiazole rings is 1. The van der Waals surface area contributed by atoms with Crippen LogP contribution in [0.1, 0.15) is 17.0 Å². The number of benzene rings is 1. The van der Waals surface area contributed by atoms with Crippen molar-refractivity contribution < 1.29 is 8.42 Å². The molecule has 0 saturated carbocycles. The summed E-state index contributed by atoms with van der Waals surface area (Å²) in [5.74, 6) is 0. The van der Waals surface area contributed by atoms with Crippen molar-refractivity contribution in [3.63, 3.8) is 0 Å². The van der Waals surface area contributed by atoms with Crippen LogP contribution in [0, 0.1) is 0 Å². The third kappa shape index (κ3) is 3.21. The number of nitrogen functional groups attached to an aromatic ring is 1. The highest BCUT2D eigenvalue weighted by atomic mass is 35.5. The zero-order valence-corrected chi connectivity index (χ0v) is 13.4. The minimum absolute atomic E-state index is 0.127. The summed E-state index contributed by atoms with van der Waals surface area (Å²) in [5, 5.41) is 1.05. The number of nitrogens with zero attached hydrogens (tertiary/aromatic N) is 1. The first kappa shape index (κ1) is 14.8. The first-order valence-electron chi connectivity index (χ1n) is 6.46. The SMILES string of the molecule is Nc1nc2c(s1)CC(NS(=O)(=O)c1ccc(Cl)cc1)CC2. The monoisotopic (exact) mass is 343 g/mol. The molecule has 3 N–H and O–H groups in total. The summed E-state index contributed by atoms with van der Waals surface area (Å²) in [5.41, 5.74) is 6.69. The van der Waals surface area contributed by atoms with Crippen molar-refractivity contribution >= 4 is 38.1 Å². The summed E-state index contributed by atoms with van der Waals surface area (Å²) in [6.07, 6.45) is 2.11. The molecule has 0 bridgehead atoms. The van der Waals surface area contributed by atoms with Gasteiger partial charge in [-0.2, -0.15) is 0 Å². The number of nitrogens with one attached hydrogen (secondary N) is 1. The van der Waals surface area contributed by atoms with E-state index in [0.29, 0.717) is 16.6 Å². The fraction of sp³-hybridized carbons (Fsp3) is 0.308. The molecule has 2 aromatic rings. The van der Waals surface area contributed by atoms with Gasteiger partial charge in [0, 0.05) is 22.4 Å². The van der Waals surface area contributed by atoms with Crippen molar-refractivity contribution in [2.24, 2.45) is 0 Å². The molecular weight excluding hydrogens is 330 g/mol. The van der Waals surface area contributed by atoms with E-state index >= 15 is 0 Å². The lowest BCUT2D eigenvalue weighted by atomic mass is 9.99. The number of aryl methyl sites for hydroxylation is 1. The van der Waals surface area contributed by atoms with Gasteiger partial charge in [0.15, 0.2) is 5.13 Å². The van der Waals surface area contributed by atoms with Crippen molar-refractivity contribution in [1.82, 2.24) is 9.71 Å². The quantitative estimate of drug-likeness (QED) is 0.894. The molecule has 5 nitrogen and oxygen atoms in total. The van der Waals surface area contributed by atoms with Gasteiger partial charge < -0.3 is 5.73 Å². The van der Waals surface area contributed by atoms with E-state index in [1.807, 2.05) is 0 Å². The second-order valence-electron chi connectivity index (χ2n) is 4.94. The van der Waals surface area contributed by atoms with Crippen LogP contribution < -0.4 is 10.5 Å². The molecule has 0 fully saturated rings. The van der Waals surface area contributed by atoms with E-state index in [0.717, 1.165) is 23.4 Å². The molecule has 1 heterocycles. The summed E-state index contributed by atoms with van der Waals surface area (Å²) < 4.78 is 27.4. The van der Waals surface area contributed by atoms with Gasteiger partial charge in [-0.25, -0.2) is 18.1 Å². The number of halogens is 1. The molecule has 1 aliphatic carbocycles. The smallest absolute Gasteiger partial charge is 0.240 e. The summed E-state index contributed by atoms with van der Waals surface area (Å²) in [7, 11) is -3.53. The third-order valence-electron chi connectivity index (χ3n) is 3.40. The second kappa shape index (κ2) is 5.57. The van der Waals surface area contributed by atoms with Crippen LogP contribution >= 0.6 is 22.9 Å². The summed E-state index contributed by atoms with van der Waals surface area (Å²) in [6, 6.07) is 6.02. The molecule has 1 atom stereocenters. The number of fused-ring (bicyclic) bond motifs is 1. The Morgan fingerprint density at radius 2 is 2.05 bits per heavy atom. The molecule has 21 heavy (non-hydrogen) atoms. The van der Waals surface area contributed by atoms with Crippen LogP contribution in [0.3, 0.4) is 0 Å². The Hall–Kier alpha value is -1.15. The average molecular weight is 344 g/mol. The first-order valence-corrected chi connectivity index (χ1v) is 9.14. The molecule has 1 aromatic carbocycles. The predicted molar refractivity (Wildman–Crippen MR) is 84.1 cm³/mol. The molecule has 0 amide bonds. The molecule has 1 unspecified atom stereocenters. The van der Waals surface area contributed by atoms with E-state index in [4.69, 9.17) is 17.3 Å². The fourth-order valence-corrected chi connectivity index (χ4v) is 4.75. The van der Waals surface area contributed by atoms with Crippen LogP contribution in [0.25, 0.3) is 0 Å². The van der Waals surface area contributed by atoms with Crippen molar-refractivity contribution in [3.05, 3.63) is 39.9 Å². The molecule has 0 spiro atoms. The lowest BCUT2D eigenvalue weighted by Gasteiger charge is -2.22. The van der Waals surface area contributed by atoms with Crippen molar-refractivity contribution in [1.29, 1.82) is 0 Å². The Morgan fingerprint density at radius 1 is 1.33 bits per heavy atom. The molecule has 112 valence electrons. The highest BCUT2D eigenvalue weighted by Gasteiger charge is 2.26. The Balaban J connectivity index is 1.76. The highest BCUT2D eigenvalue weighted by Crippen LogP contribution is 2.28. The standard InChI is InChI=1S/C13H14ClN3O2S2/c14-8-1-4-10(5-2-8)21(18,19)17-9-3-6-11-12(7-9)20-13(15)16-11/h1-2,4-5,9,17H,3,6-7H2,(H2,15,16). The van der Waals surface area contributed by atoms with E-state index < -0.39 is 10.0 Å². The van der Waals surface area contributed by atoms with Gasteiger partial charge in [-0.1, -0.05) is 11.6 Å². The zero-order valence-electron chi connectivity index (χ0n) is 11.0. The Kier molecular flexibility index (Phi) is 3.92. The van der Waals surface area contributed by atoms with Gasteiger partial charge in [0.2, 0.25) is 10.0 Å². The third-order valence-corrected chi connectivity index (χ3v) is 6.14. The van der Waals surface area contributed by atoms with Gasteiger partial charge >= 0.3 is 0 Å². The number of hydrogen-bond acceptors (Lipinski definition) is 5. The minimum Gasteiger partial charge on any atom is -0.375 e. The molecule has 8 heteroatoms. The second-order valence-corrected chi connectivity index (χ2v) is 8.20. The number of hydrogen-bond donors (Lipinski definition) is 2. The molecule has 0 radical (unpaired) electrons. The van der Waals surface area contributed by atoms with E-state index in [9.17, 15) is 8.42 Å². The molecule has 3 rings (SSSR count). The maximum Gasteiger partial charge on any atom is 0.240 e. The van der Waals surface area contributed by atoms with Crippen LogP contribution in [0.5, 0.6) is 0 Å². The van der Waals surface area contributed by atoms with Crippen molar-refractivity contribution in [2.75, 3.05) is 5.73 Å². The normalized spacial score (nSPS) is 18.4. The number of nitrogens with two attached hydrogens (primary N) is 1. The van der Waals surface area contributed by atoms with Crippen LogP contribution in [0.15, 0.2) is 29.2 Å². The van der Waals surface area contributed by atoms with E-state index in [1.54, 1.807) is 12.1 Å². The minimum atomic E-state index is -3.53. The number of anilines is 1. The molecular formula is C13H14ClN3O2S2. The Bertz CT molecular complexity index is 756. The Morgan fingerprint density at radius 3 is 2.76 bits per heavy atom. The van der Waals surface area contributed by atoms with Crippen LogP contribution in [-0.2, 0) is 22.9 Å². The average Bonchev–Trinajstić information content (AvgIpc) is 2.78. The summed E-state index contributed by atoms with van der Waals surface area (Å²) >= 11 is 7.21. The molecule has 1 aliphatic rings. The van der Waals surface area contributed by atoms with Gasteiger partial charge in [-0.3, -0.25) is 0 Å². The van der Waals surface area contributed by atoms with Crippen molar-refractivity contribution in [3.8, 4) is 0 Å². The lowest BCUT2D eigenvalue weighted by Crippen LogP contribution is -2.38. The van der Waals surface area contributed by atoms with Gasteiger partial charge in [0.25, 0.3) is 0 Å². The van der Waals surface area contributed by atoms with Gasteiger partial charge in [-0.05, 0) is 37.1 Å². The molecule has 0 saturated heterocycles. The number of sulfonamides is 1. The predicted octanol–water partition coefficient (Wildman–Crippen LogP) is 2.21. The topological polar surface area (TPSA) is 85.1 Å². The Labute approximate surface area is 132 Å². The van der Waals surface area contributed by atoms with Gasteiger partial charge in [0.05, 0.1) is 10.6 Å². The van der Waals surface area contributed by atoms with E-state index in [1.165, 1.54) is 23.5 Å². The number of rotatable bonds is 3. The van der Waals surface area contributed by atoms with Gasteiger partial charge in [0.1, 0.15) is 0 Å². The highest BCUT2D eigenvalue weighted by molar-refractivity contribution is 7.89. The lowest BCUT2D eigenvalue weighted by molar-refractivity contribution is 0.508. The fourth-order valence-electron chi connectivity index (χ4n) is 2.40. The van der Waals surface area contributed by atoms with Crippen LogP contribution in [0.4, 0.5) is 5.13 Å². The number of aromatic nitrogens is 1. The summed E-state index contributed by atoms with van der Waals surface area (Å²) in [6.45, 7) is 0. The molecule has 1 aromatic heterocycles. The van der Waals surface area contributed by atoms with Gasteiger partial charge in [-0.15, -0.1) is 11.3 Å². The summed E-state index contributed by atoms with van der Waals surface area (Å²) in [4.78, 5) is 5.55. The maximum atomic E-state index is 12.3. The van der Waals surface area contributed by atoms with Crippen LogP contribution in [0.2, 0.25) is 5.02 Å². The van der Waals surface area contributed by atoms with Crippen molar-refractivity contribution in [2.45, 2.75) is 30.2 Å². The van der Waals surface area contributed by atoms with E-state index in [-0.39, 0.29) is 10.9 Å². The maximum absolute atomic E-state index is 12.3. The van der Waals surface area contributed by atoms with E-state index in [2.05, 4.69) is 9.71 Å². The zero-order chi connectivity index (χ0) is 15.0. The molecule has 0 aliphatic heterocycles. The van der Waals surface area contributed by atoms with Crippen LogP contribution in [-0.4, -0.2) is 19.4 Å².